The number of likely N-dealkylation sites (tertiary alicyclic amines) is 1. The van der Waals surface area contributed by atoms with Gasteiger partial charge in [-0.1, -0.05) is 6.07 Å². The molecule has 3 aromatic heterocycles. The van der Waals surface area contributed by atoms with Gasteiger partial charge in [-0.3, -0.25) is 24.6 Å². The van der Waals surface area contributed by atoms with E-state index in [2.05, 4.69) is 21.0 Å². The first kappa shape index (κ1) is 19.7. The van der Waals surface area contributed by atoms with Gasteiger partial charge in [-0.05, 0) is 50.9 Å². The van der Waals surface area contributed by atoms with E-state index in [9.17, 15) is 9.59 Å². The molecule has 0 radical (unpaired) electrons. The van der Waals surface area contributed by atoms with E-state index in [0.29, 0.717) is 36.6 Å². The Morgan fingerprint density at radius 3 is 2.72 bits per heavy atom. The molecule has 1 aliphatic carbocycles. The molecule has 1 amide bonds. The molecule has 32 heavy (non-hydrogen) atoms. The van der Waals surface area contributed by atoms with Crippen LogP contribution in [0.15, 0.2) is 35.3 Å². The molecule has 0 unspecified atom stereocenters. The fourth-order valence-electron chi connectivity index (χ4n) is 5.11. The van der Waals surface area contributed by atoms with E-state index >= 15 is 0 Å². The molecule has 2 aliphatic heterocycles. The van der Waals surface area contributed by atoms with Gasteiger partial charge in [-0.15, -0.1) is 0 Å². The fourth-order valence-corrected chi connectivity index (χ4v) is 5.11. The van der Waals surface area contributed by atoms with Crippen molar-refractivity contribution in [3.63, 3.8) is 0 Å². The second-order valence-corrected chi connectivity index (χ2v) is 9.40. The van der Waals surface area contributed by atoms with Crippen LogP contribution in [0.4, 0.5) is 0 Å². The number of aromatic amines is 1. The largest absolute Gasteiger partial charge is 0.337 e. The highest BCUT2D eigenvalue weighted by molar-refractivity contribution is 5.81. The Hall–Kier alpha value is -3.00. The van der Waals surface area contributed by atoms with Crippen molar-refractivity contribution in [2.45, 2.75) is 51.1 Å². The average molecular weight is 433 g/mol. The van der Waals surface area contributed by atoms with Crippen molar-refractivity contribution in [3.8, 4) is 0 Å². The number of H-pyrrole nitrogens is 1. The van der Waals surface area contributed by atoms with E-state index in [1.807, 2.05) is 29.3 Å². The van der Waals surface area contributed by atoms with E-state index < -0.39 is 0 Å². The van der Waals surface area contributed by atoms with Gasteiger partial charge < -0.3 is 4.90 Å². The Labute approximate surface area is 186 Å². The molecule has 0 spiro atoms. The Morgan fingerprint density at radius 2 is 1.97 bits per heavy atom. The maximum atomic E-state index is 13.2. The van der Waals surface area contributed by atoms with Crippen molar-refractivity contribution in [2.24, 2.45) is 5.92 Å². The first-order chi connectivity index (χ1) is 15.7. The Balaban J connectivity index is 1.19. The van der Waals surface area contributed by atoms with Gasteiger partial charge >= 0.3 is 0 Å². The van der Waals surface area contributed by atoms with Crippen LogP contribution >= 0.6 is 0 Å². The van der Waals surface area contributed by atoms with Gasteiger partial charge in [0.25, 0.3) is 5.56 Å². The number of carbonyl (C=O) groups excluding carboxylic acids is 1. The Bertz CT molecular complexity index is 1200. The van der Waals surface area contributed by atoms with Gasteiger partial charge in [0.2, 0.25) is 5.91 Å². The molecule has 3 aliphatic rings. The second kappa shape index (κ2) is 7.85. The molecule has 1 saturated carbocycles. The lowest BCUT2D eigenvalue weighted by atomic mass is 9.93. The molecule has 1 N–H and O–H groups in total. The van der Waals surface area contributed by atoms with Gasteiger partial charge in [-0.25, -0.2) is 9.50 Å². The van der Waals surface area contributed by atoms with Gasteiger partial charge in [0, 0.05) is 49.3 Å². The predicted molar refractivity (Wildman–Crippen MR) is 119 cm³/mol. The number of rotatable bonds is 4. The third kappa shape index (κ3) is 3.62. The first-order valence-corrected chi connectivity index (χ1v) is 11.7. The number of hydrogen-bond acceptors (Lipinski definition) is 5. The van der Waals surface area contributed by atoms with Gasteiger partial charge in [0.05, 0.1) is 23.5 Å². The molecule has 8 heteroatoms. The molecule has 166 valence electrons. The minimum atomic E-state index is -0.0582. The highest BCUT2D eigenvalue weighted by Crippen LogP contribution is 2.32. The number of piperidine rings is 1. The molecule has 2 fully saturated rings. The number of pyridine rings is 1. The van der Waals surface area contributed by atoms with E-state index in [1.165, 1.54) is 0 Å². The number of hydrogen-bond donors (Lipinski definition) is 1. The number of fused-ring (bicyclic) bond motifs is 2. The first-order valence-electron chi connectivity index (χ1n) is 11.7. The predicted octanol–water partition coefficient (Wildman–Crippen LogP) is 2.09. The highest BCUT2D eigenvalue weighted by atomic mass is 16.2. The van der Waals surface area contributed by atoms with Crippen LogP contribution in [0.5, 0.6) is 0 Å². The summed E-state index contributed by atoms with van der Waals surface area (Å²) >= 11 is 0. The van der Waals surface area contributed by atoms with Gasteiger partial charge in [-0.2, -0.15) is 0 Å². The third-order valence-corrected chi connectivity index (χ3v) is 7.16. The average Bonchev–Trinajstić information content (AvgIpc) is 3.59. The third-order valence-electron chi connectivity index (χ3n) is 7.16. The smallest absolute Gasteiger partial charge is 0.277 e. The maximum absolute atomic E-state index is 13.2. The zero-order valence-electron chi connectivity index (χ0n) is 18.2. The molecule has 3 aromatic rings. The lowest BCUT2D eigenvalue weighted by Gasteiger charge is -2.31. The quantitative estimate of drug-likeness (QED) is 0.682. The van der Waals surface area contributed by atoms with E-state index in [-0.39, 0.29) is 17.4 Å². The highest BCUT2D eigenvalue weighted by Gasteiger charge is 2.35. The van der Waals surface area contributed by atoms with Crippen molar-refractivity contribution < 1.29 is 4.79 Å². The summed E-state index contributed by atoms with van der Waals surface area (Å²) in [6.07, 6.45) is 6.55. The number of carbonyl (C=O) groups is 1. The van der Waals surface area contributed by atoms with Crippen LogP contribution < -0.4 is 5.56 Å². The molecule has 0 bridgehead atoms. The molecule has 5 heterocycles. The fraction of sp³-hybridized carbons (Fsp3) is 0.500. The van der Waals surface area contributed by atoms with E-state index in [0.717, 1.165) is 62.4 Å². The van der Waals surface area contributed by atoms with Crippen LogP contribution in [0.3, 0.4) is 0 Å². The van der Waals surface area contributed by atoms with E-state index in [1.54, 1.807) is 4.52 Å². The minimum Gasteiger partial charge on any atom is -0.337 e. The molecule has 0 aromatic carbocycles. The molecule has 8 nitrogen and oxygen atoms in total. The SMILES string of the molecule is O=C(C1CC1)N1CCc2nc3cc(C4CCN(Cc5ccccn5)CC4)[nH]n3c(=O)c2C1. The Morgan fingerprint density at radius 1 is 1.12 bits per heavy atom. The summed E-state index contributed by atoms with van der Waals surface area (Å²) in [7, 11) is 0. The van der Waals surface area contributed by atoms with Crippen LogP contribution in [0, 0.1) is 5.92 Å². The molecule has 6 rings (SSSR count). The monoisotopic (exact) mass is 432 g/mol. The molecule has 1 saturated heterocycles. The van der Waals surface area contributed by atoms with Gasteiger partial charge in [0.15, 0.2) is 5.65 Å². The summed E-state index contributed by atoms with van der Waals surface area (Å²) < 4.78 is 1.58. The van der Waals surface area contributed by atoms with Crippen molar-refractivity contribution in [1.82, 2.24) is 29.4 Å². The number of aromatic nitrogens is 4. The summed E-state index contributed by atoms with van der Waals surface area (Å²) in [6, 6.07) is 8.10. The summed E-state index contributed by atoms with van der Waals surface area (Å²) in [6.45, 7) is 3.95. The van der Waals surface area contributed by atoms with Gasteiger partial charge in [0.1, 0.15) is 0 Å². The Kier molecular flexibility index (Phi) is 4.82. The zero-order valence-corrected chi connectivity index (χ0v) is 18.2. The molecule has 0 atom stereocenters. The van der Waals surface area contributed by atoms with Crippen LogP contribution in [0.1, 0.15) is 54.2 Å². The van der Waals surface area contributed by atoms with Crippen LogP contribution in [0.2, 0.25) is 0 Å². The van der Waals surface area contributed by atoms with Crippen molar-refractivity contribution in [3.05, 3.63) is 63.5 Å². The molecular weight excluding hydrogens is 404 g/mol. The van der Waals surface area contributed by atoms with Crippen LogP contribution in [0.25, 0.3) is 5.65 Å². The summed E-state index contributed by atoms with van der Waals surface area (Å²) in [5, 5.41) is 3.33. The van der Waals surface area contributed by atoms with Crippen molar-refractivity contribution in [2.75, 3.05) is 19.6 Å². The standard InChI is InChI=1S/C24H28N6O2/c31-23(17-4-5-17)29-12-8-20-19(15-29)24(32)30-22(26-20)13-21(27-30)16-6-10-28(11-7-16)14-18-3-1-2-9-25-18/h1-3,9,13,16-17,27H,4-8,10-12,14-15H2. The van der Waals surface area contributed by atoms with Crippen molar-refractivity contribution in [1.29, 1.82) is 0 Å². The molecular formula is C24H28N6O2. The topological polar surface area (TPSA) is 86.6 Å². The lowest BCUT2D eigenvalue weighted by molar-refractivity contribution is -0.133. The zero-order chi connectivity index (χ0) is 21.7. The summed E-state index contributed by atoms with van der Waals surface area (Å²) in [4.78, 5) is 39.2. The normalized spacial score (nSPS) is 19.9. The minimum absolute atomic E-state index is 0.0582. The number of nitrogens with zero attached hydrogens (tertiary/aromatic N) is 5. The number of nitrogens with one attached hydrogen (secondary N) is 1. The van der Waals surface area contributed by atoms with Crippen LogP contribution in [-0.2, 0) is 24.3 Å². The number of amides is 1. The second-order valence-electron chi connectivity index (χ2n) is 9.40. The summed E-state index contributed by atoms with van der Waals surface area (Å²) in [5.41, 5.74) is 4.35. The van der Waals surface area contributed by atoms with Crippen molar-refractivity contribution >= 4 is 11.6 Å². The lowest BCUT2D eigenvalue weighted by Crippen LogP contribution is -2.40. The van der Waals surface area contributed by atoms with E-state index in [4.69, 9.17) is 4.98 Å². The maximum Gasteiger partial charge on any atom is 0.277 e. The summed E-state index contributed by atoms with van der Waals surface area (Å²) in [5.74, 6) is 0.766. The van der Waals surface area contributed by atoms with Crippen LogP contribution in [-0.4, -0.2) is 54.9 Å².